The quantitative estimate of drug-likeness (QED) is 0.507. The molecule has 2 unspecified atom stereocenters. The Bertz CT molecular complexity index is 519. The first-order valence-corrected chi connectivity index (χ1v) is 6.93. The van der Waals surface area contributed by atoms with Crippen molar-refractivity contribution in [2.24, 2.45) is 16.0 Å². The van der Waals surface area contributed by atoms with E-state index in [4.69, 9.17) is 16.0 Å². The average Bonchev–Trinajstić information content (AvgIpc) is 2.00. The van der Waals surface area contributed by atoms with E-state index < -0.39 is 30.2 Å². The molecule has 9 heteroatoms. The highest BCUT2D eigenvalue weighted by atomic mass is 32.2. The molecule has 1 rings (SSSR count). The van der Waals surface area contributed by atoms with Crippen LogP contribution in [0.15, 0.2) is 24.3 Å². The molecule has 0 aromatic heterocycles. The monoisotopic (exact) mass is 253 g/mol. The van der Waals surface area contributed by atoms with Crippen LogP contribution in [-0.4, -0.2) is 27.0 Å². The van der Waals surface area contributed by atoms with Crippen LogP contribution in [0.25, 0.3) is 0 Å². The van der Waals surface area contributed by atoms with Crippen LogP contribution in [-0.2, 0) is 20.0 Å². The summed E-state index contributed by atoms with van der Waals surface area (Å²) in [5, 5.41) is 8.16. The maximum atomic E-state index is 11.2. The van der Waals surface area contributed by atoms with Gasteiger partial charge in [-0.05, 0) is 6.08 Å². The number of nitrogens with two attached hydrogens (primary N) is 3. The number of rotatable bonds is 2. The molecule has 0 heterocycles. The van der Waals surface area contributed by atoms with Crippen LogP contribution in [0.5, 0.6) is 0 Å². The molecule has 15 heavy (non-hydrogen) atoms. The van der Waals surface area contributed by atoms with Gasteiger partial charge < -0.3 is 5.73 Å². The first kappa shape index (κ1) is 12.3. The van der Waals surface area contributed by atoms with Crippen LogP contribution in [0, 0.1) is 0 Å². The maximum absolute atomic E-state index is 11.2. The minimum absolute atomic E-state index is 0.997. The molecule has 1 aliphatic rings. The number of hydrogen-bond donors (Lipinski definition) is 3. The second-order valence-electron chi connectivity index (χ2n) is 3.15. The highest BCUT2D eigenvalue weighted by molar-refractivity contribution is 7.94. The molecule has 6 N–H and O–H groups in total. The second kappa shape index (κ2) is 3.39. The van der Waals surface area contributed by atoms with Gasteiger partial charge in [0, 0.05) is 0 Å². The molecule has 0 saturated heterocycles. The summed E-state index contributed by atoms with van der Waals surface area (Å²) in [6.07, 6.45) is 4.72. The van der Waals surface area contributed by atoms with Crippen LogP contribution in [0.3, 0.4) is 0 Å². The molecule has 0 saturated carbocycles. The second-order valence-corrected chi connectivity index (χ2v) is 6.64. The molecule has 0 amide bonds. The molecular weight excluding hydrogens is 242 g/mol. The van der Waals surface area contributed by atoms with Crippen molar-refractivity contribution >= 4 is 20.0 Å². The first-order valence-electron chi connectivity index (χ1n) is 3.78. The number of hydrogen-bond acceptors (Lipinski definition) is 5. The standard InChI is InChI=1S/C6H11N3O4S2/c7-6(15(9,12)13)4-2-1-3-5(6)14(8,10)11/h1-5H,7H2,(H2,8,10,11)(H2,9,12,13). The smallest absolute Gasteiger partial charge is 0.233 e. The number of allylic oxidation sites excluding steroid dienone is 2. The summed E-state index contributed by atoms with van der Waals surface area (Å²) >= 11 is 0. The molecule has 0 bridgehead atoms. The zero-order chi connectivity index (χ0) is 11.9. The lowest BCUT2D eigenvalue weighted by molar-refractivity contribution is 0.540. The Morgan fingerprint density at radius 2 is 1.60 bits per heavy atom. The van der Waals surface area contributed by atoms with E-state index in [-0.39, 0.29) is 0 Å². The van der Waals surface area contributed by atoms with E-state index in [0.29, 0.717) is 0 Å². The first-order chi connectivity index (χ1) is 6.59. The van der Waals surface area contributed by atoms with Gasteiger partial charge in [0.1, 0.15) is 5.25 Å². The zero-order valence-electron chi connectivity index (χ0n) is 7.57. The van der Waals surface area contributed by atoms with Crippen molar-refractivity contribution in [1.82, 2.24) is 0 Å². The van der Waals surface area contributed by atoms with Crippen molar-refractivity contribution in [3.8, 4) is 0 Å². The van der Waals surface area contributed by atoms with Gasteiger partial charge in [-0.1, -0.05) is 18.2 Å². The van der Waals surface area contributed by atoms with Gasteiger partial charge in [0.2, 0.25) is 20.0 Å². The summed E-state index contributed by atoms with van der Waals surface area (Å²) in [5.74, 6) is 0. The summed E-state index contributed by atoms with van der Waals surface area (Å²) in [7, 11) is -8.42. The van der Waals surface area contributed by atoms with Gasteiger partial charge in [-0.3, -0.25) is 0 Å². The van der Waals surface area contributed by atoms with Gasteiger partial charge in [0.15, 0.2) is 4.87 Å². The van der Waals surface area contributed by atoms with E-state index in [1.54, 1.807) is 0 Å². The third-order valence-electron chi connectivity index (χ3n) is 2.05. The third kappa shape index (κ3) is 2.11. The average molecular weight is 253 g/mol. The van der Waals surface area contributed by atoms with Crippen molar-refractivity contribution in [1.29, 1.82) is 0 Å². The summed E-state index contributed by atoms with van der Waals surface area (Å²) in [6.45, 7) is 0. The molecule has 0 fully saturated rings. The molecule has 0 radical (unpaired) electrons. The predicted octanol–water partition coefficient (Wildman–Crippen LogP) is -2.29. The lowest BCUT2D eigenvalue weighted by atomic mass is 10.1. The summed E-state index contributed by atoms with van der Waals surface area (Å²) < 4.78 is 44.7. The fourth-order valence-electron chi connectivity index (χ4n) is 1.24. The Labute approximate surface area is 87.7 Å². The van der Waals surface area contributed by atoms with E-state index in [9.17, 15) is 16.8 Å². The molecule has 1 aliphatic carbocycles. The Kier molecular flexibility index (Phi) is 2.78. The Morgan fingerprint density at radius 1 is 1.07 bits per heavy atom. The fraction of sp³-hybridized carbons (Fsp3) is 0.333. The van der Waals surface area contributed by atoms with E-state index >= 15 is 0 Å². The number of sulfonamides is 2. The van der Waals surface area contributed by atoms with Crippen LogP contribution >= 0.6 is 0 Å². The van der Waals surface area contributed by atoms with Crippen molar-refractivity contribution in [2.45, 2.75) is 10.1 Å². The molecular formula is C6H11N3O4S2. The van der Waals surface area contributed by atoms with E-state index in [1.807, 2.05) is 0 Å². The normalized spacial score (nSPS) is 31.8. The molecule has 0 aromatic rings. The van der Waals surface area contributed by atoms with Gasteiger partial charge in [-0.25, -0.2) is 27.1 Å². The van der Waals surface area contributed by atoms with Crippen molar-refractivity contribution in [3.05, 3.63) is 24.3 Å². The summed E-state index contributed by atoms with van der Waals surface area (Å²) in [5.41, 5.74) is 5.46. The van der Waals surface area contributed by atoms with Crippen molar-refractivity contribution < 1.29 is 16.8 Å². The van der Waals surface area contributed by atoms with Gasteiger partial charge in [0.25, 0.3) is 0 Å². The molecule has 7 nitrogen and oxygen atoms in total. The Hall–Kier alpha value is -0.740. The lowest BCUT2D eigenvalue weighted by Gasteiger charge is -2.30. The number of primary sulfonamides is 2. The lowest BCUT2D eigenvalue weighted by Crippen LogP contribution is -2.61. The molecule has 2 atom stereocenters. The zero-order valence-corrected chi connectivity index (χ0v) is 9.20. The van der Waals surface area contributed by atoms with Crippen molar-refractivity contribution in [2.75, 3.05) is 0 Å². The van der Waals surface area contributed by atoms with Crippen LogP contribution in [0.4, 0.5) is 0 Å². The van der Waals surface area contributed by atoms with Crippen molar-refractivity contribution in [3.63, 3.8) is 0 Å². The highest BCUT2D eigenvalue weighted by Gasteiger charge is 2.48. The predicted molar refractivity (Wildman–Crippen MR) is 55.2 cm³/mol. The minimum atomic E-state index is -4.28. The van der Waals surface area contributed by atoms with Crippen LogP contribution in [0.2, 0.25) is 0 Å². The summed E-state index contributed by atoms with van der Waals surface area (Å²) in [4.78, 5) is -2.21. The molecule has 0 spiro atoms. The van der Waals surface area contributed by atoms with Crippen LogP contribution in [0.1, 0.15) is 0 Å². The van der Waals surface area contributed by atoms with Gasteiger partial charge in [-0.15, -0.1) is 0 Å². The van der Waals surface area contributed by atoms with E-state index in [0.717, 1.165) is 12.2 Å². The summed E-state index contributed by atoms with van der Waals surface area (Å²) in [6, 6.07) is 0. The Morgan fingerprint density at radius 3 is 1.93 bits per heavy atom. The van der Waals surface area contributed by atoms with Gasteiger partial charge >= 0.3 is 0 Å². The topological polar surface area (TPSA) is 146 Å². The Balaban J connectivity index is 3.42. The minimum Gasteiger partial charge on any atom is -0.307 e. The molecule has 0 aliphatic heterocycles. The van der Waals surface area contributed by atoms with Gasteiger partial charge in [-0.2, -0.15) is 0 Å². The van der Waals surface area contributed by atoms with Gasteiger partial charge in [0.05, 0.1) is 0 Å². The third-order valence-corrected chi connectivity index (χ3v) is 4.83. The fourth-order valence-corrected chi connectivity index (χ4v) is 3.62. The highest BCUT2D eigenvalue weighted by Crippen LogP contribution is 2.24. The van der Waals surface area contributed by atoms with E-state index in [2.05, 4.69) is 0 Å². The SMILES string of the molecule is NC1(S(N)(=O)=O)C=CC=CC1S(N)(=O)=O. The molecule has 86 valence electrons. The maximum Gasteiger partial charge on any atom is 0.233 e. The van der Waals surface area contributed by atoms with E-state index in [1.165, 1.54) is 12.2 Å². The molecule has 0 aromatic carbocycles. The van der Waals surface area contributed by atoms with Crippen LogP contribution < -0.4 is 16.0 Å². The largest absolute Gasteiger partial charge is 0.307 e.